The van der Waals surface area contributed by atoms with E-state index in [1.807, 2.05) is 30.3 Å². The summed E-state index contributed by atoms with van der Waals surface area (Å²) in [4.78, 5) is 29.7. The number of hydrogen-bond acceptors (Lipinski definition) is 4. The van der Waals surface area contributed by atoms with Crippen molar-refractivity contribution in [1.29, 1.82) is 5.26 Å². The highest BCUT2D eigenvalue weighted by Gasteiger charge is 2.47. The largest absolute Gasteiger partial charge is 0.343 e. The molecule has 1 atom stereocenters. The number of carbonyl (C=O) groups is 2. The molecule has 1 aromatic heterocycles. The van der Waals surface area contributed by atoms with Gasteiger partial charge < -0.3 is 10.2 Å². The summed E-state index contributed by atoms with van der Waals surface area (Å²) in [6, 6.07) is 11.2. The van der Waals surface area contributed by atoms with Crippen molar-refractivity contribution in [2.75, 3.05) is 13.1 Å². The van der Waals surface area contributed by atoms with Crippen LogP contribution in [-0.4, -0.2) is 46.8 Å². The van der Waals surface area contributed by atoms with Gasteiger partial charge in [-0.25, -0.2) is 8.78 Å². The van der Waals surface area contributed by atoms with Gasteiger partial charge in [-0.2, -0.15) is 5.26 Å². The molecule has 0 bridgehead atoms. The minimum Gasteiger partial charge on any atom is -0.343 e. The molecule has 1 fully saturated rings. The van der Waals surface area contributed by atoms with Gasteiger partial charge in [-0.15, -0.1) is 0 Å². The molecule has 1 saturated heterocycles. The van der Waals surface area contributed by atoms with Gasteiger partial charge in [0.25, 0.3) is 11.8 Å². The number of alkyl halides is 2. The molecule has 148 valence electrons. The van der Waals surface area contributed by atoms with Gasteiger partial charge in [0.15, 0.2) is 0 Å². The lowest BCUT2D eigenvalue weighted by Crippen LogP contribution is -2.43. The SMILES string of the molecule is C=C(c1ccccc1)c1cnccc1C(=O)NCC(=O)N1CC(F)(F)CC1C#N. The van der Waals surface area contributed by atoms with Gasteiger partial charge in [0.1, 0.15) is 6.04 Å². The number of benzene rings is 1. The first-order valence-corrected chi connectivity index (χ1v) is 8.86. The molecule has 1 aromatic carbocycles. The smallest absolute Gasteiger partial charge is 0.268 e. The highest BCUT2D eigenvalue weighted by atomic mass is 19.3. The van der Waals surface area contributed by atoms with Crippen LogP contribution in [0.2, 0.25) is 0 Å². The van der Waals surface area contributed by atoms with E-state index in [-0.39, 0.29) is 5.56 Å². The Balaban J connectivity index is 1.72. The van der Waals surface area contributed by atoms with E-state index in [1.165, 1.54) is 18.5 Å². The number of likely N-dealkylation sites (tertiary alicyclic amines) is 1. The lowest BCUT2D eigenvalue weighted by atomic mass is 9.96. The molecule has 3 rings (SSSR count). The summed E-state index contributed by atoms with van der Waals surface area (Å²) in [6.07, 6.45) is 2.23. The van der Waals surface area contributed by atoms with Crippen molar-refractivity contribution in [3.05, 3.63) is 72.1 Å². The van der Waals surface area contributed by atoms with Gasteiger partial charge in [0.05, 0.1) is 24.7 Å². The number of nitrogens with one attached hydrogen (secondary N) is 1. The van der Waals surface area contributed by atoms with E-state index in [0.717, 1.165) is 10.5 Å². The molecule has 2 amide bonds. The van der Waals surface area contributed by atoms with E-state index >= 15 is 0 Å². The summed E-state index contributed by atoms with van der Waals surface area (Å²) in [5.41, 5.74) is 2.14. The number of nitriles is 1. The molecule has 8 heteroatoms. The van der Waals surface area contributed by atoms with Crippen LogP contribution in [0.1, 0.15) is 27.9 Å². The van der Waals surface area contributed by atoms with Crippen LogP contribution in [0.15, 0.2) is 55.4 Å². The average Bonchev–Trinajstić information content (AvgIpc) is 3.06. The van der Waals surface area contributed by atoms with Crippen molar-refractivity contribution in [1.82, 2.24) is 15.2 Å². The molecular weight excluding hydrogens is 378 g/mol. The zero-order chi connectivity index (χ0) is 21.0. The third-order valence-electron chi connectivity index (χ3n) is 4.65. The molecule has 29 heavy (non-hydrogen) atoms. The van der Waals surface area contributed by atoms with Crippen LogP contribution in [0.5, 0.6) is 0 Å². The van der Waals surface area contributed by atoms with Crippen molar-refractivity contribution in [3.63, 3.8) is 0 Å². The molecule has 0 spiro atoms. The van der Waals surface area contributed by atoms with Crippen molar-refractivity contribution in [3.8, 4) is 6.07 Å². The van der Waals surface area contributed by atoms with Crippen molar-refractivity contribution in [2.45, 2.75) is 18.4 Å². The summed E-state index contributed by atoms with van der Waals surface area (Å²) in [7, 11) is 0. The number of aromatic nitrogens is 1. The Kier molecular flexibility index (Phi) is 5.69. The summed E-state index contributed by atoms with van der Waals surface area (Å²) in [5, 5.41) is 11.4. The van der Waals surface area contributed by atoms with Crippen molar-refractivity contribution < 1.29 is 18.4 Å². The first-order valence-electron chi connectivity index (χ1n) is 8.86. The maximum atomic E-state index is 13.5. The summed E-state index contributed by atoms with van der Waals surface area (Å²) in [5.74, 6) is -4.40. The van der Waals surface area contributed by atoms with E-state index in [0.29, 0.717) is 11.1 Å². The van der Waals surface area contributed by atoms with Gasteiger partial charge in [0, 0.05) is 24.4 Å². The number of halogens is 2. The second-order valence-corrected chi connectivity index (χ2v) is 6.68. The maximum Gasteiger partial charge on any atom is 0.268 e. The molecule has 1 unspecified atom stereocenters. The average molecular weight is 396 g/mol. The van der Waals surface area contributed by atoms with Crippen molar-refractivity contribution >= 4 is 17.4 Å². The van der Waals surface area contributed by atoms with E-state index in [1.54, 1.807) is 6.07 Å². The second-order valence-electron chi connectivity index (χ2n) is 6.68. The van der Waals surface area contributed by atoms with E-state index in [2.05, 4.69) is 16.9 Å². The Morgan fingerprint density at radius 1 is 1.28 bits per heavy atom. The van der Waals surface area contributed by atoms with Gasteiger partial charge in [-0.3, -0.25) is 14.6 Å². The summed E-state index contributed by atoms with van der Waals surface area (Å²) < 4.78 is 27.0. The van der Waals surface area contributed by atoms with Crippen molar-refractivity contribution in [2.24, 2.45) is 0 Å². The first-order chi connectivity index (χ1) is 13.8. The van der Waals surface area contributed by atoms with Crippen LogP contribution < -0.4 is 5.32 Å². The number of nitrogens with zero attached hydrogens (tertiary/aromatic N) is 3. The zero-order valence-corrected chi connectivity index (χ0v) is 15.4. The van der Waals surface area contributed by atoms with Gasteiger partial charge in [0.2, 0.25) is 5.91 Å². The standard InChI is InChI=1S/C21H18F2N4O2/c1-14(15-5-3-2-4-6-15)18-11-25-8-7-17(18)20(29)26-12-19(28)27-13-21(22,23)9-16(27)10-24/h2-8,11,16H,1,9,12-13H2,(H,26,29). The molecule has 1 N–H and O–H groups in total. The minimum absolute atomic E-state index is 0.255. The number of hydrogen-bond donors (Lipinski definition) is 1. The van der Waals surface area contributed by atoms with Crippen LogP contribution in [0, 0.1) is 11.3 Å². The highest BCUT2D eigenvalue weighted by molar-refractivity contribution is 6.01. The Morgan fingerprint density at radius 2 is 2.00 bits per heavy atom. The van der Waals surface area contributed by atoms with E-state index < -0.39 is 43.3 Å². The summed E-state index contributed by atoms with van der Waals surface area (Å²) in [6.45, 7) is 2.70. The molecule has 6 nitrogen and oxygen atoms in total. The number of carbonyl (C=O) groups excluding carboxylic acids is 2. The summed E-state index contributed by atoms with van der Waals surface area (Å²) >= 11 is 0. The fourth-order valence-electron chi connectivity index (χ4n) is 3.17. The monoisotopic (exact) mass is 396 g/mol. The quantitative estimate of drug-likeness (QED) is 0.842. The Bertz CT molecular complexity index is 986. The predicted octanol–water partition coefficient (Wildman–Crippen LogP) is 2.63. The molecule has 0 aliphatic carbocycles. The minimum atomic E-state index is -3.11. The maximum absolute atomic E-state index is 13.5. The van der Waals surface area contributed by atoms with Crippen LogP contribution in [0.25, 0.3) is 5.57 Å². The first kappa shape index (κ1) is 20.1. The molecular formula is C21H18F2N4O2. The van der Waals surface area contributed by atoms with Gasteiger partial charge in [-0.05, 0) is 17.2 Å². The zero-order valence-electron chi connectivity index (χ0n) is 15.4. The Hall–Kier alpha value is -3.60. The third-order valence-corrected chi connectivity index (χ3v) is 4.65. The lowest BCUT2D eigenvalue weighted by molar-refractivity contribution is -0.131. The van der Waals surface area contributed by atoms with Gasteiger partial charge in [-0.1, -0.05) is 36.9 Å². The Morgan fingerprint density at radius 3 is 2.69 bits per heavy atom. The number of pyridine rings is 1. The van der Waals surface area contributed by atoms with E-state index in [9.17, 15) is 18.4 Å². The fourth-order valence-corrected chi connectivity index (χ4v) is 3.17. The number of rotatable bonds is 5. The fraction of sp³-hybridized carbons (Fsp3) is 0.238. The number of amides is 2. The molecule has 1 aliphatic rings. The third kappa shape index (κ3) is 4.46. The highest BCUT2D eigenvalue weighted by Crippen LogP contribution is 2.31. The molecule has 0 saturated carbocycles. The predicted molar refractivity (Wildman–Crippen MR) is 102 cm³/mol. The van der Waals surface area contributed by atoms with E-state index in [4.69, 9.17) is 5.26 Å². The van der Waals surface area contributed by atoms with Gasteiger partial charge >= 0.3 is 0 Å². The Labute approximate surface area is 166 Å². The van der Waals surface area contributed by atoms with Crippen LogP contribution in [0.3, 0.4) is 0 Å². The van der Waals surface area contributed by atoms with Crippen LogP contribution in [0.4, 0.5) is 8.78 Å². The molecule has 2 aromatic rings. The lowest BCUT2D eigenvalue weighted by Gasteiger charge is -2.19. The topological polar surface area (TPSA) is 86.1 Å². The molecule has 2 heterocycles. The second kappa shape index (κ2) is 8.19. The molecule has 1 aliphatic heterocycles. The van der Waals surface area contributed by atoms with Crippen LogP contribution in [-0.2, 0) is 4.79 Å². The normalized spacial score (nSPS) is 17.4. The van der Waals surface area contributed by atoms with Crippen LogP contribution >= 0.6 is 0 Å². The molecule has 0 radical (unpaired) electrons.